The van der Waals surface area contributed by atoms with Crippen molar-refractivity contribution >= 4 is 43.1 Å². The molecule has 0 atom stereocenters. The van der Waals surface area contributed by atoms with Gasteiger partial charge in [0.05, 0.1) is 27.9 Å². The van der Waals surface area contributed by atoms with Crippen LogP contribution in [0.15, 0.2) is 53.4 Å². The van der Waals surface area contributed by atoms with Gasteiger partial charge in [-0.2, -0.15) is 9.78 Å². The van der Waals surface area contributed by atoms with Gasteiger partial charge in [0.15, 0.2) is 9.84 Å². The fraction of sp³-hybridized carbons (Fsp3) is 0.150. The third kappa shape index (κ3) is 3.91. The number of fused-ring (bicyclic) bond motifs is 1. The highest BCUT2D eigenvalue weighted by atomic mass is 32.2. The van der Waals surface area contributed by atoms with Crippen molar-refractivity contribution in [1.29, 1.82) is 0 Å². The molecule has 0 spiro atoms. The number of methoxy groups -OCH3 is 1. The van der Waals surface area contributed by atoms with Crippen molar-refractivity contribution in [3.63, 3.8) is 0 Å². The van der Waals surface area contributed by atoms with E-state index in [4.69, 9.17) is 4.74 Å². The van der Waals surface area contributed by atoms with Gasteiger partial charge in [-0.15, -0.1) is 0 Å². The molecule has 154 valence electrons. The smallest absolute Gasteiger partial charge is 0.256 e. The highest BCUT2D eigenvalue weighted by Gasteiger charge is 2.16. The van der Waals surface area contributed by atoms with E-state index in [1.165, 1.54) is 35.6 Å². The molecule has 0 fully saturated rings. The number of nitrogens with zero attached hydrogens (tertiary/aromatic N) is 3. The van der Waals surface area contributed by atoms with Crippen LogP contribution in [-0.4, -0.2) is 42.5 Å². The Balaban J connectivity index is 1.64. The van der Waals surface area contributed by atoms with Crippen molar-refractivity contribution in [3.05, 3.63) is 59.8 Å². The van der Waals surface area contributed by atoms with Crippen molar-refractivity contribution in [2.24, 2.45) is 0 Å². The molecule has 0 saturated heterocycles. The van der Waals surface area contributed by atoms with E-state index < -0.39 is 9.84 Å². The van der Waals surface area contributed by atoms with Crippen molar-refractivity contribution in [3.8, 4) is 10.9 Å². The third-order valence-corrected chi connectivity index (χ3v) is 6.51. The normalized spacial score (nSPS) is 11.6. The Labute approximate surface area is 177 Å². The van der Waals surface area contributed by atoms with Gasteiger partial charge < -0.3 is 10.1 Å². The Hall–Kier alpha value is -3.24. The number of amides is 1. The number of nitrogens with one attached hydrogen (secondary N) is 1. The van der Waals surface area contributed by atoms with Crippen molar-refractivity contribution in [1.82, 2.24) is 14.8 Å². The average molecular weight is 443 g/mol. The van der Waals surface area contributed by atoms with Crippen molar-refractivity contribution in [2.45, 2.75) is 11.8 Å². The number of aryl methyl sites for hydroxylation is 1. The van der Waals surface area contributed by atoms with Crippen LogP contribution in [-0.2, 0) is 9.84 Å². The Morgan fingerprint density at radius 1 is 1.13 bits per heavy atom. The Kier molecular flexibility index (Phi) is 5.04. The summed E-state index contributed by atoms with van der Waals surface area (Å²) in [6.07, 6.45) is 1.12. The molecule has 2 aromatic carbocycles. The van der Waals surface area contributed by atoms with Crippen molar-refractivity contribution < 1.29 is 17.9 Å². The van der Waals surface area contributed by atoms with Gasteiger partial charge in [-0.05, 0) is 49.4 Å². The lowest BCUT2D eigenvalue weighted by atomic mass is 10.2. The fourth-order valence-corrected chi connectivity index (χ4v) is 4.48. The predicted octanol–water partition coefficient (Wildman–Crippen LogP) is 3.45. The van der Waals surface area contributed by atoms with Crippen LogP contribution in [0.5, 0.6) is 5.75 Å². The lowest BCUT2D eigenvalue weighted by Crippen LogP contribution is -2.15. The lowest BCUT2D eigenvalue weighted by Gasteiger charge is -2.07. The van der Waals surface area contributed by atoms with Gasteiger partial charge in [-0.1, -0.05) is 11.3 Å². The quantitative estimate of drug-likeness (QED) is 0.508. The number of carbonyl (C=O) groups is 1. The predicted molar refractivity (Wildman–Crippen MR) is 116 cm³/mol. The van der Waals surface area contributed by atoms with Crippen LogP contribution in [0.25, 0.3) is 15.3 Å². The first kappa shape index (κ1) is 20.0. The second kappa shape index (κ2) is 7.54. The molecule has 0 bridgehead atoms. The average Bonchev–Trinajstić information content (AvgIpc) is 3.29. The molecule has 0 aliphatic heterocycles. The minimum absolute atomic E-state index is 0.157. The molecule has 1 amide bonds. The molecule has 0 saturated carbocycles. The number of rotatable bonds is 5. The van der Waals surface area contributed by atoms with Gasteiger partial charge in [0.25, 0.3) is 5.91 Å². The number of benzene rings is 2. The molecule has 2 heterocycles. The summed E-state index contributed by atoms with van der Waals surface area (Å²) in [7, 11) is -1.72. The zero-order chi connectivity index (χ0) is 21.5. The van der Waals surface area contributed by atoms with Crippen LogP contribution in [0.4, 0.5) is 5.82 Å². The monoisotopic (exact) mass is 442 g/mol. The summed E-state index contributed by atoms with van der Waals surface area (Å²) >= 11 is 1.43. The minimum Gasteiger partial charge on any atom is -0.497 e. The lowest BCUT2D eigenvalue weighted by molar-refractivity contribution is 0.102. The summed E-state index contributed by atoms with van der Waals surface area (Å²) in [6, 6.07) is 13.1. The Morgan fingerprint density at radius 3 is 2.53 bits per heavy atom. The minimum atomic E-state index is -3.32. The molecule has 0 radical (unpaired) electrons. The molecular formula is C20H18N4O4S2. The summed E-state index contributed by atoms with van der Waals surface area (Å²) < 4.78 is 31.0. The maximum Gasteiger partial charge on any atom is 0.256 e. The van der Waals surface area contributed by atoms with Gasteiger partial charge in [-0.3, -0.25) is 4.79 Å². The first-order chi connectivity index (χ1) is 14.2. The Morgan fingerprint density at radius 2 is 1.87 bits per heavy atom. The van der Waals surface area contributed by atoms with Crippen LogP contribution in [0.3, 0.4) is 0 Å². The van der Waals surface area contributed by atoms with E-state index >= 15 is 0 Å². The van der Waals surface area contributed by atoms with Gasteiger partial charge >= 0.3 is 0 Å². The van der Waals surface area contributed by atoms with E-state index in [0.717, 1.165) is 27.9 Å². The molecule has 0 aliphatic carbocycles. The van der Waals surface area contributed by atoms with Gasteiger partial charge in [0, 0.05) is 17.9 Å². The van der Waals surface area contributed by atoms with E-state index in [1.807, 2.05) is 25.1 Å². The molecule has 2 aromatic heterocycles. The molecule has 30 heavy (non-hydrogen) atoms. The van der Waals surface area contributed by atoms with E-state index in [9.17, 15) is 13.2 Å². The SMILES string of the molecule is COc1ccc2nc(-n3nc(C)cc3NC(=O)c3ccc(S(C)(=O)=O)cc3)sc2c1. The van der Waals surface area contributed by atoms with E-state index in [-0.39, 0.29) is 10.8 Å². The van der Waals surface area contributed by atoms with Crippen LogP contribution in [0, 0.1) is 6.92 Å². The van der Waals surface area contributed by atoms with Crippen LogP contribution >= 0.6 is 11.3 Å². The van der Waals surface area contributed by atoms with E-state index in [2.05, 4.69) is 15.4 Å². The maximum atomic E-state index is 12.7. The summed E-state index contributed by atoms with van der Waals surface area (Å²) in [5.41, 5.74) is 1.86. The number of anilines is 1. The van der Waals surface area contributed by atoms with Gasteiger partial charge in [-0.25, -0.2) is 13.4 Å². The van der Waals surface area contributed by atoms with E-state index in [0.29, 0.717) is 16.5 Å². The van der Waals surface area contributed by atoms with Crippen LogP contribution < -0.4 is 10.1 Å². The summed E-state index contributed by atoms with van der Waals surface area (Å²) in [6.45, 7) is 1.82. The number of carbonyl (C=O) groups excluding carboxylic acids is 1. The van der Waals surface area contributed by atoms with E-state index in [1.54, 1.807) is 17.9 Å². The molecular weight excluding hydrogens is 424 g/mol. The highest BCUT2D eigenvalue weighted by molar-refractivity contribution is 7.90. The number of aromatic nitrogens is 3. The second-order valence-electron chi connectivity index (χ2n) is 6.66. The van der Waals surface area contributed by atoms with Crippen LogP contribution in [0.1, 0.15) is 16.1 Å². The fourth-order valence-electron chi connectivity index (χ4n) is 2.89. The molecule has 0 aliphatic rings. The molecule has 1 N–H and O–H groups in total. The number of hydrogen-bond donors (Lipinski definition) is 1. The first-order valence-corrected chi connectivity index (χ1v) is 11.6. The zero-order valence-electron chi connectivity index (χ0n) is 16.4. The molecule has 10 heteroatoms. The Bertz CT molecular complexity index is 1360. The standard InChI is InChI=1S/C20H18N4O4S2/c1-12-10-18(22-19(25)13-4-7-15(8-5-13)30(3,26)27)24(23-12)20-21-16-9-6-14(28-2)11-17(16)29-20/h4-11H,1-3H3,(H,22,25). The van der Waals surface area contributed by atoms with Crippen molar-refractivity contribution in [2.75, 3.05) is 18.7 Å². The molecule has 4 aromatic rings. The first-order valence-electron chi connectivity index (χ1n) is 8.88. The molecule has 4 rings (SSSR count). The summed E-state index contributed by atoms with van der Waals surface area (Å²) in [5, 5.41) is 7.88. The third-order valence-electron chi connectivity index (χ3n) is 4.38. The van der Waals surface area contributed by atoms with Gasteiger partial charge in [0.1, 0.15) is 11.6 Å². The molecule has 8 nitrogen and oxygen atoms in total. The highest BCUT2D eigenvalue weighted by Crippen LogP contribution is 2.30. The summed E-state index contributed by atoms with van der Waals surface area (Å²) in [4.78, 5) is 17.4. The van der Waals surface area contributed by atoms with Crippen LogP contribution in [0.2, 0.25) is 0 Å². The zero-order valence-corrected chi connectivity index (χ0v) is 18.0. The molecule has 0 unspecified atom stereocenters. The topological polar surface area (TPSA) is 103 Å². The second-order valence-corrected chi connectivity index (χ2v) is 9.69. The number of ether oxygens (including phenoxy) is 1. The number of hydrogen-bond acceptors (Lipinski definition) is 7. The maximum absolute atomic E-state index is 12.7. The largest absolute Gasteiger partial charge is 0.497 e. The number of thiazole rings is 1. The number of sulfone groups is 1. The van der Waals surface area contributed by atoms with Gasteiger partial charge in [0.2, 0.25) is 5.13 Å². The summed E-state index contributed by atoms with van der Waals surface area (Å²) in [5.74, 6) is 0.829.